The van der Waals surface area contributed by atoms with Gasteiger partial charge in [-0.25, -0.2) is 9.78 Å². The van der Waals surface area contributed by atoms with Crippen molar-refractivity contribution >= 4 is 5.97 Å². The van der Waals surface area contributed by atoms with E-state index in [1.165, 1.54) is 7.11 Å². The van der Waals surface area contributed by atoms with E-state index in [4.69, 9.17) is 4.74 Å². The van der Waals surface area contributed by atoms with Crippen molar-refractivity contribution in [2.45, 2.75) is 19.9 Å². The van der Waals surface area contributed by atoms with Gasteiger partial charge in [-0.15, -0.1) is 0 Å². The first-order valence-electron chi connectivity index (χ1n) is 5.70. The first-order chi connectivity index (χ1) is 8.63. The molecule has 0 atom stereocenters. The van der Waals surface area contributed by atoms with E-state index in [9.17, 15) is 4.79 Å². The third kappa shape index (κ3) is 2.27. The summed E-state index contributed by atoms with van der Waals surface area (Å²) in [4.78, 5) is 15.7. The summed E-state index contributed by atoms with van der Waals surface area (Å²) < 4.78 is 8.42. The van der Waals surface area contributed by atoms with Crippen LogP contribution in [0.3, 0.4) is 0 Å². The molecule has 96 valence electrons. The van der Waals surface area contributed by atoms with Crippen LogP contribution < -0.4 is 0 Å². The Morgan fingerprint density at radius 3 is 2.89 bits per heavy atom. The predicted molar refractivity (Wildman–Crippen MR) is 65.2 cm³/mol. The van der Waals surface area contributed by atoms with Crippen molar-refractivity contribution in [1.29, 1.82) is 0 Å². The molecule has 0 saturated heterocycles. The van der Waals surface area contributed by atoms with Crippen LogP contribution >= 0.6 is 0 Å². The van der Waals surface area contributed by atoms with E-state index in [0.29, 0.717) is 12.2 Å². The maximum atomic E-state index is 11.6. The van der Waals surface area contributed by atoms with Gasteiger partial charge in [-0.3, -0.25) is 4.68 Å². The van der Waals surface area contributed by atoms with Crippen LogP contribution in [0.2, 0.25) is 0 Å². The molecular formula is C12H16N4O2. The summed E-state index contributed by atoms with van der Waals surface area (Å²) in [6, 6.07) is 1.96. The minimum atomic E-state index is -0.361. The highest BCUT2D eigenvalue weighted by Crippen LogP contribution is 2.09. The minimum absolute atomic E-state index is 0.361. The molecule has 2 heterocycles. The molecule has 0 fully saturated rings. The van der Waals surface area contributed by atoms with Gasteiger partial charge >= 0.3 is 5.97 Å². The smallest absolute Gasteiger partial charge is 0.356 e. The number of aryl methyl sites for hydroxylation is 3. The van der Waals surface area contributed by atoms with Crippen molar-refractivity contribution < 1.29 is 9.53 Å². The second-order valence-corrected chi connectivity index (χ2v) is 4.03. The third-order valence-corrected chi connectivity index (χ3v) is 2.96. The standard InChI is InChI=1S/C12H16N4O2/c1-9-13-8-11(12(17)18-3)16(9)7-5-10-4-6-14-15(10)2/h4,6,8H,5,7H2,1-3H3. The molecule has 2 aromatic heterocycles. The van der Waals surface area contributed by atoms with E-state index in [1.807, 2.05) is 29.3 Å². The second-order valence-electron chi connectivity index (χ2n) is 4.03. The molecule has 18 heavy (non-hydrogen) atoms. The lowest BCUT2D eigenvalue weighted by atomic mass is 10.3. The first-order valence-corrected chi connectivity index (χ1v) is 5.70. The molecule has 0 spiro atoms. The molecule has 0 saturated carbocycles. The normalized spacial score (nSPS) is 10.6. The van der Waals surface area contributed by atoms with Crippen LogP contribution in [0.25, 0.3) is 0 Å². The molecule has 0 bridgehead atoms. The molecule has 0 aliphatic heterocycles. The number of imidazole rings is 1. The van der Waals surface area contributed by atoms with Gasteiger partial charge in [0.15, 0.2) is 0 Å². The molecule has 6 heteroatoms. The fourth-order valence-corrected chi connectivity index (χ4v) is 1.89. The van der Waals surface area contributed by atoms with Crippen LogP contribution in [0.4, 0.5) is 0 Å². The van der Waals surface area contributed by atoms with Gasteiger partial charge in [0.2, 0.25) is 0 Å². The highest BCUT2D eigenvalue weighted by molar-refractivity contribution is 5.87. The molecule has 0 N–H and O–H groups in total. The molecule has 2 aromatic rings. The van der Waals surface area contributed by atoms with Crippen molar-refractivity contribution in [2.24, 2.45) is 7.05 Å². The van der Waals surface area contributed by atoms with Gasteiger partial charge in [-0.1, -0.05) is 0 Å². The molecule has 0 radical (unpaired) electrons. The number of carbonyl (C=O) groups excluding carboxylic acids is 1. The number of nitrogens with zero attached hydrogens (tertiary/aromatic N) is 4. The SMILES string of the molecule is COC(=O)c1cnc(C)n1CCc1ccnn1C. The quantitative estimate of drug-likeness (QED) is 0.756. The lowest BCUT2D eigenvalue weighted by molar-refractivity contribution is 0.0588. The van der Waals surface area contributed by atoms with Gasteiger partial charge in [-0.2, -0.15) is 5.10 Å². The zero-order valence-corrected chi connectivity index (χ0v) is 10.8. The largest absolute Gasteiger partial charge is 0.464 e. The Balaban J connectivity index is 2.16. The number of aromatic nitrogens is 4. The minimum Gasteiger partial charge on any atom is -0.464 e. The first kappa shape index (κ1) is 12.3. The van der Waals surface area contributed by atoms with Crippen LogP contribution in [-0.4, -0.2) is 32.4 Å². The third-order valence-electron chi connectivity index (χ3n) is 2.96. The lowest BCUT2D eigenvalue weighted by Crippen LogP contribution is -2.14. The molecule has 0 amide bonds. The average Bonchev–Trinajstić information content (AvgIpc) is 2.92. The van der Waals surface area contributed by atoms with Crippen molar-refractivity contribution in [2.75, 3.05) is 7.11 Å². The molecule has 6 nitrogen and oxygen atoms in total. The average molecular weight is 248 g/mol. The Bertz CT molecular complexity index is 556. The summed E-state index contributed by atoms with van der Waals surface area (Å²) in [5, 5.41) is 4.11. The van der Waals surface area contributed by atoms with E-state index in [1.54, 1.807) is 12.4 Å². The summed E-state index contributed by atoms with van der Waals surface area (Å²) in [6.07, 6.45) is 4.10. The zero-order valence-electron chi connectivity index (χ0n) is 10.8. The zero-order chi connectivity index (χ0) is 13.1. The van der Waals surface area contributed by atoms with Crippen LogP contribution in [0.5, 0.6) is 0 Å². The fourth-order valence-electron chi connectivity index (χ4n) is 1.89. The summed E-state index contributed by atoms with van der Waals surface area (Å²) >= 11 is 0. The van der Waals surface area contributed by atoms with Gasteiger partial charge in [0.05, 0.1) is 13.3 Å². The Morgan fingerprint density at radius 2 is 2.28 bits per heavy atom. The van der Waals surface area contributed by atoms with Gasteiger partial charge in [0.1, 0.15) is 11.5 Å². The molecule has 0 unspecified atom stereocenters. The molecule has 0 aliphatic carbocycles. The number of ether oxygens (including phenoxy) is 1. The topological polar surface area (TPSA) is 61.9 Å². The molecular weight excluding hydrogens is 232 g/mol. The van der Waals surface area contributed by atoms with E-state index < -0.39 is 0 Å². The number of esters is 1. The maximum absolute atomic E-state index is 11.6. The van der Waals surface area contributed by atoms with Crippen LogP contribution in [-0.2, 0) is 24.8 Å². The van der Waals surface area contributed by atoms with Gasteiger partial charge in [-0.05, 0) is 13.0 Å². The summed E-state index contributed by atoms with van der Waals surface area (Å²) in [5.74, 6) is 0.443. The van der Waals surface area contributed by atoms with Crippen LogP contribution in [0.15, 0.2) is 18.5 Å². The monoisotopic (exact) mass is 248 g/mol. The fraction of sp³-hybridized carbons (Fsp3) is 0.417. The maximum Gasteiger partial charge on any atom is 0.356 e. The van der Waals surface area contributed by atoms with Crippen molar-refractivity contribution in [3.05, 3.63) is 35.7 Å². The summed E-state index contributed by atoms with van der Waals surface area (Å²) in [6.45, 7) is 2.55. The van der Waals surface area contributed by atoms with Crippen molar-refractivity contribution in [3.8, 4) is 0 Å². The molecule has 0 aliphatic rings. The number of carbonyl (C=O) groups is 1. The second kappa shape index (κ2) is 5.03. The Labute approximate surface area is 105 Å². The summed E-state index contributed by atoms with van der Waals surface area (Å²) in [7, 11) is 3.27. The highest BCUT2D eigenvalue weighted by atomic mass is 16.5. The van der Waals surface area contributed by atoms with E-state index in [-0.39, 0.29) is 5.97 Å². The van der Waals surface area contributed by atoms with Gasteiger partial charge in [0.25, 0.3) is 0 Å². The predicted octanol–water partition coefficient (Wildman–Crippen LogP) is 0.954. The van der Waals surface area contributed by atoms with E-state index in [0.717, 1.165) is 17.9 Å². The Hall–Kier alpha value is -2.11. The van der Waals surface area contributed by atoms with Crippen LogP contribution in [0.1, 0.15) is 22.0 Å². The number of rotatable bonds is 4. The number of hydrogen-bond donors (Lipinski definition) is 0. The van der Waals surface area contributed by atoms with Gasteiger partial charge < -0.3 is 9.30 Å². The summed E-state index contributed by atoms with van der Waals surface area (Å²) in [5.41, 5.74) is 1.59. The number of methoxy groups -OCH3 is 1. The lowest BCUT2D eigenvalue weighted by Gasteiger charge is -2.09. The van der Waals surface area contributed by atoms with E-state index in [2.05, 4.69) is 10.1 Å². The Morgan fingerprint density at radius 1 is 1.50 bits per heavy atom. The van der Waals surface area contributed by atoms with E-state index >= 15 is 0 Å². The highest BCUT2D eigenvalue weighted by Gasteiger charge is 2.14. The Kier molecular flexibility index (Phi) is 3.45. The van der Waals surface area contributed by atoms with Crippen molar-refractivity contribution in [1.82, 2.24) is 19.3 Å². The van der Waals surface area contributed by atoms with Crippen molar-refractivity contribution in [3.63, 3.8) is 0 Å². The van der Waals surface area contributed by atoms with Gasteiger partial charge in [0, 0.05) is 31.9 Å². The molecule has 0 aromatic carbocycles. The molecule has 2 rings (SSSR count). The van der Waals surface area contributed by atoms with Crippen LogP contribution in [0, 0.1) is 6.92 Å². The number of hydrogen-bond acceptors (Lipinski definition) is 4.